The quantitative estimate of drug-likeness (QED) is 0.345. The number of tetrazole rings is 1. The third kappa shape index (κ3) is 4.27. The van der Waals surface area contributed by atoms with E-state index in [9.17, 15) is 4.79 Å². The summed E-state index contributed by atoms with van der Waals surface area (Å²) in [5.74, 6) is 0.517. The Hall–Kier alpha value is -3.50. The number of thioether (sulfide) groups is 1. The molecule has 3 aromatic heterocycles. The molecule has 1 N–H and O–H groups in total. The van der Waals surface area contributed by atoms with Crippen LogP contribution in [0.1, 0.15) is 17.9 Å². The first-order chi connectivity index (χ1) is 15.7. The van der Waals surface area contributed by atoms with Crippen molar-refractivity contribution in [2.45, 2.75) is 12.8 Å². The number of benzene rings is 1. The van der Waals surface area contributed by atoms with Crippen molar-refractivity contribution in [2.24, 2.45) is 0 Å². The van der Waals surface area contributed by atoms with Gasteiger partial charge < -0.3 is 0 Å². The zero-order valence-corrected chi connectivity index (χ0v) is 18.4. The highest BCUT2D eigenvalue weighted by Gasteiger charge is 2.31. The number of aromatic nitrogens is 6. The molecule has 1 saturated heterocycles. The van der Waals surface area contributed by atoms with E-state index in [2.05, 4.69) is 31.7 Å². The summed E-state index contributed by atoms with van der Waals surface area (Å²) in [5.41, 5.74) is 3.36. The van der Waals surface area contributed by atoms with E-state index in [4.69, 9.17) is 17.2 Å². The van der Waals surface area contributed by atoms with Gasteiger partial charge >= 0.3 is 0 Å². The molecular weight excluding hydrogens is 442 g/mol. The fraction of sp³-hybridized carbons (Fsp3) is 0.136. The van der Waals surface area contributed by atoms with Crippen LogP contribution in [0.3, 0.4) is 0 Å². The molecular formula is C22H17N7OS2. The Morgan fingerprint density at radius 3 is 2.94 bits per heavy atom. The van der Waals surface area contributed by atoms with Crippen molar-refractivity contribution in [1.29, 1.82) is 0 Å². The second kappa shape index (κ2) is 8.93. The van der Waals surface area contributed by atoms with E-state index in [1.54, 1.807) is 11.0 Å². The zero-order valence-electron chi connectivity index (χ0n) is 16.8. The number of H-pyrrole nitrogens is 1. The number of amides is 1. The van der Waals surface area contributed by atoms with E-state index < -0.39 is 0 Å². The Bertz CT molecular complexity index is 1340. The number of aromatic amines is 1. The van der Waals surface area contributed by atoms with E-state index in [-0.39, 0.29) is 5.91 Å². The van der Waals surface area contributed by atoms with Gasteiger partial charge in [-0.15, -0.1) is 10.2 Å². The molecule has 5 rings (SSSR count). The van der Waals surface area contributed by atoms with Gasteiger partial charge in [-0.2, -0.15) is 5.21 Å². The molecule has 1 aliphatic rings. The van der Waals surface area contributed by atoms with E-state index in [0.29, 0.717) is 40.1 Å². The number of carbonyl (C=O) groups excluding carboxylic acids is 1. The van der Waals surface area contributed by atoms with Gasteiger partial charge in [0, 0.05) is 30.1 Å². The predicted octanol–water partition coefficient (Wildman–Crippen LogP) is 3.64. The van der Waals surface area contributed by atoms with Gasteiger partial charge in [0.05, 0.1) is 21.8 Å². The van der Waals surface area contributed by atoms with Crippen LogP contribution in [0.4, 0.5) is 0 Å². The molecule has 4 aromatic rings. The highest BCUT2D eigenvalue weighted by molar-refractivity contribution is 8.26. The molecule has 1 aromatic carbocycles. The van der Waals surface area contributed by atoms with Crippen molar-refractivity contribution in [1.82, 2.24) is 35.5 Å². The lowest BCUT2D eigenvalue weighted by Gasteiger charge is -2.13. The summed E-state index contributed by atoms with van der Waals surface area (Å²) in [6.45, 7) is 0.507. The fourth-order valence-corrected chi connectivity index (χ4v) is 4.71. The molecule has 10 heteroatoms. The first-order valence-electron chi connectivity index (χ1n) is 9.97. The SMILES string of the molecule is O=C1/C(=C/c2cccc(-c3cnc4ccccc4c3)n2)SC(=S)N1CCCc1nn[nH]n1. The summed E-state index contributed by atoms with van der Waals surface area (Å²) < 4.78 is 0.546. The predicted molar refractivity (Wildman–Crippen MR) is 127 cm³/mol. The van der Waals surface area contributed by atoms with Crippen LogP contribution >= 0.6 is 24.0 Å². The van der Waals surface area contributed by atoms with Crippen LogP contribution < -0.4 is 0 Å². The van der Waals surface area contributed by atoms with Gasteiger partial charge in [0.2, 0.25) is 0 Å². The van der Waals surface area contributed by atoms with Gasteiger partial charge in [0.25, 0.3) is 5.91 Å². The Kier molecular flexibility index (Phi) is 5.70. The molecule has 4 heterocycles. The lowest BCUT2D eigenvalue weighted by molar-refractivity contribution is -0.122. The number of pyridine rings is 2. The Morgan fingerprint density at radius 1 is 1.16 bits per heavy atom. The third-order valence-corrected chi connectivity index (χ3v) is 6.36. The summed E-state index contributed by atoms with van der Waals surface area (Å²) in [5, 5.41) is 14.9. The number of thiocarbonyl (C=S) groups is 1. The van der Waals surface area contributed by atoms with Gasteiger partial charge in [-0.1, -0.05) is 53.5 Å². The maximum absolute atomic E-state index is 12.9. The van der Waals surface area contributed by atoms with E-state index in [1.165, 1.54) is 11.8 Å². The molecule has 0 aliphatic carbocycles. The molecule has 1 aliphatic heterocycles. The minimum atomic E-state index is -0.104. The number of nitrogens with one attached hydrogen (secondary N) is 1. The Labute approximate surface area is 193 Å². The number of aryl methyl sites for hydroxylation is 1. The van der Waals surface area contributed by atoms with Crippen molar-refractivity contribution in [3.05, 3.63) is 71.2 Å². The number of rotatable bonds is 6. The molecule has 0 bridgehead atoms. The molecule has 0 spiro atoms. The van der Waals surface area contributed by atoms with Crippen LogP contribution in [-0.2, 0) is 11.2 Å². The normalized spacial score (nSPS) is 15.2. The van der Waals surface area contributed by atoms with Crippen LogP contribution in [0.25, 0.3) is 28.2 Å². The van der Waals surface area contributed by atoms with Crippen LogP contribution in [0.5, 0.6) is 0 Å². The maximum Gasteiger partial charge on any atom is 0.266 e. The molecule has 0 saturated carbocycles. The van der Waals surface area contributed by atoms with Gasteiger partial charge in [-0.25, -0.2) is 4.98 Å². The molecule has 0 radical (unpaired) electrons. The number of hydrogen-bond donors (Lipinski definition) is 1. The number of nitrogens with zero attached hydrogens (tertiary/aromatic N) is 6. The second-order valence-electron chi connectivity index (χ2n) is 7.13. The van der Waals surface area contributed by atoms with Gasteiger partial charge in [-0.05, 0) is 36.8 Å². The van der Waals surface area contributed by atoms with E-state index in [1.807, 2.05) is 48.7 Å². The molecule has 0 unspecified atom stereocenters. The molecule has 158 valence electrons. The fourth-order valence-electron chi connectivity index (χ4n) is 3.41. The van der Waals surface area contributed by atoms with Gasteiger partial charge in [0.1, 0.15) is 4.32 Å². The van der Waals surface area contributed by atoms with Crippen LogP contribution in [0.2, 0.25) is 0 Å². The van der Waals surface area contributed by atoms with Crippen LogP contribution in [0.15, 0.2) is 59.6 Å². The Balaban J connectivity index is 1.33. The highest BCUT2D eigenvalue weighted by Crippen LogP contribution is 2.32. The number of fused-ring (bicyclic) bond motifs is 1. The number of hydrogen-bond acceptors (Lipinski definition) is 8. The first kappa shape index (κ1) is 20.4. The minimum Gasteiger partial charge on any atom is -0.293 e. The highest BCUT2D eigenvalue weighted by atomic mass is 32.2. The first-order valence-corrected chi connectivity index (χ1v) is 11.2. The summed E-state index contributed by atoms with van der Waals surface area (Å²) in [4.78, 5) is 24.3. The smallest absolute Gasteiger partial charge is 0.266 e. The van der Waals surface area contributed by atoms with Crippen molar-refractivity contribution >= 4 is 51.2 Å². The number of para-hydroxylation sites is 1. The molecule has 1 amide bonds. The van der Waals surface area contributed by atoms with Crippen LogP contribution in [0, 0.1) is 0 Å². The number of carbonyl (C=O) groups is 1. The van der Waals surface area contributed by atoms with Crippen molar-refractivity contribution in [3.8, 4) is 11.3 Å². The minimum absolute atomic E-state index is 0.104. The van der Waals surface area contributed by atoms with Crippen molar-refractivity contribution in [3.63, 3.8) is 0 Å². The summed E-state index contributed by atoms with van der Waals surface area (Å²) in [7, 11) is 0. The lowest BCUT2D eigenvalue weighted by atomic mass is 10.1. The molecule has 0 atom stereocenters. The molecule has 1 fully saturated rings. The van der Waals surface area contributed by atoms with Gasteiger partial charge in [-0.3, -0.25) is 14.7 Å². The Morgan fingerprint density at radius 2 is 2.06 bits per heavy atom. The lowest BCUT2D eigenvalue weighted by Crippen LogP contribution is -2.29. The summed E-state index contributed by atoms with van der Waals surface area (Å²) in [6, 6.07) is 15.8. The molecule has 8 nitrogen and oxygen atoms in total. The summed E-state index contributed by atoms with van der Waals surface area (Å²) >= 11 is 6.72. The largest absolute Gasteiger partial charge is 0.293 e. The van der Waals surface area contributed by atoms with Crippen molar-refractivity contribution < 1.29 is 4.79 Å². The van der Waals surface area contributed by atoms with E-state index in [0.717, 1.165) is 22.2 Å². The van der Waals surface area contributed by atoms with Crippen molar-refractivity contribution in [2.75, 3.05) is 6.54 Å². The maximum atomic E-state index is 12.9. The van der Waals surface area contributed by atoms with Crippen LogP contribution in [-0.4, -0.2) is 52.3 Å². The molecule has 32 heavy (non-hydrogen) atoms. The average Bonchev–Trinajstić information content (AvgIpc) is 3.43. The van der Waals surface area contributed by atoms with Gasteiger partial charge in [0.15, 0.2) is 5.82 Å². The third-order valence-electron chi connectivity index (χ3n) is 4.98. The zero-order chi connectivity index (χ0) is 21.9. The monoisotopic (exact) mass is 459 g/mol. The second-order valence-corrected chi connectivity index (χ2v) is 8.81. The topological polar surface area (TPSA) is 101 Å². The summed E-state index contributed by atoms with van der Waals surface area (Å²) in [6.07, 6.45) is 4.92. The van der Waals surface area contributed by atoms with E-state index >= 15 is 0 Å². The standard InChI is InChI=1S/C22H17N7OS2/c30-21-19(32-22(31)29(21)10-4-9-20-25-27-28-26-20)12-16-6-3-8-18(24-16)15-11-14-5-1-2-7-17(14)23-13-15/h1-3,5-8,11-13H,4,9-10H2,(H,25,26,27,28)/b19-12-. The average molecular weight is 460 g/mol.